The molecule has 1 aromatic carbocycles. The molecule has 164 valence electrons. The largest absolute Gasteiger partial charge is 0.493 e. The minimum atomic E-state index is 0.605. The maximum Gasteiger partial charge on any atom is 0.168 e. The average molecular weight is 424 g/mol. The highest BCUT2D eigenvalue weighted by molar-refractivity contribution is 5.93. The summed E-state index contributed by atoms with van der Waals surface area (Å²) in [4.78, 5) is 11.1. The van der Waals surface area contributed by atoms with Crippen molar-refractivity contribution in [1.29, 1.82) is 0 Å². The van der Waals surface area contributed by atoms with Crippen LogP contribution in [0.4, 0.5) is 0 Å². The van der Waals surface area contributed by atoms with E-state index >= 15 is 0 Å². The lowest BCUT2D eigenvalue weighted by Gasteiger charge is -2.10. The van der Waals surface area contributed by atoms with Crippen molar-refractivity contribution in [3.63, 3.8) is 0 Å². The van der Waals surface area contributed by atoms with Gasteiger partial charge in [0.2, 0.25) is 0 Å². The van der Waals surface area contributed by atoms with Crippen molar-refractivity contribution in [3.05, 3.63) is 47.2 Å². The molecule has 0 aliphatic carbocycles. The van der Waals surface area contributed by atoms with Crippen molar-refractivity contribution in [2.45, 2.75) is 33.2 Å². The predicted molar refractivity (Wildman–Crippen MR) is 120 cm³/mol. The van der Waals surface area contributed by atoms with Crippen LogP contribution in [-0.2, 0) is 13.0 Å². The number of aryl methyl sites for hydroxylation is 2. The molecule has 0 bridgehead atoms. The minimum absolute atomic E-state index is 0.605. The van der Waals surface area contributed by atoms with Crippen LogP contribution in [0, 0.1) is 13.8 Å². The Morgan fingerprint density at radius 1 is 1.03 bits per heavy atom. The fourth-order valence-electron chi connectivity index (χ4n) is 4.09. The third-order valence-corrected chi connectivity index (χ3v) is 5.86. The normalized spacial score (nSPS) is 11.7. The van der Waals surface area contributed by atoms with E-state index in [1.54, 1.807) is 25.1 Å². The predicted octanol–water partition coefficient (Wildman–Crippen LogP) is 1.84. The van der Waals surface area contributed by atoms with E-state index in [0.29, 0.717) is 17.9 Å². The Hall–Kier alpha value is -3.13. The molecule has 0 saturated heterocycles. The monoisotopic (exact) mass is 423 g/mol. The summed E-state index contributed by atoms with van der Waals surface area (Å²) in [6, 6.07) is 5.89. The van der Waals surface area contributed by atoms with Crippen LogP contribution in [0.2, 0.25) is 0 Å². The van der Waals surface area contributed by atoms with Crippen molar-refractivity contribution >= 4 is 16.7 Å². The zero-order valence-electron chi connectivity index (χ0n) is 19.2. The number of hydrogen-bond donors (Lipinski definition) is 1. The van der Waals surface area contributed by atoms with Crippen LogP contribution in [0.15, 0.2) is 24.5 Å². The molecule has 0 atom stereocenters. The highest BCUT2D eigenvalue weighted by atomic mass is 16.5. The number of ether oxygens (including phenoxy) is 2. The molecule has 0 radical (unpaired) electrons. The Morgan fingerprint density at radius 2 is 1.81 bits per heavy atom. The second-order valence-corrected chi connectivity index (χ2v) is 8.28. The first kappa shape index (κ1) is 21.1. The lowest BCUT2D eigenvalue weighted by molar-refractivity contribution is -0.858. The molecular formula is C23H31N6O2+. The summed E-state index contributed by atoms with van der Waals surface area (Å²) in [6.45, 7) is 6.39. The Kier molecular flexibility index (Phi) is 5.82. The van der Waals surface area contributed by atoms with Crippen LogP contribution < -0.4 is 14.4 Å². The van der Waals surface area contributed by atoms with Gasteiger partial charge in [0.05, 0.1) is 40.2 Å². The summed E-state index contributed by atoms with van der Waals surface area (Å²) in [5.41, 5.74) is 5.37. The van der Waals surface area contributed by atoms with Gasteiger partial charge in [-0.25, -0.2) is 14.5 Å². The first-order valence-electron chi connectivity index (χ1n) is 10.6. The molecule has 0 saturated carbocycles. The summed E-state index contributed by atoms with van der Waals surface area (Å²) < 4.78 is 14.9. The fourth-order valence-corrected chi connectivity index (χ4v) is 4.09. The van der Waals surface area contributed by atoms with Crippen molar-refractivity contribution in [2.24, 2.45) is 0 Å². The Bertz CT molecular complexity index is 1220. The SMILES string of the molecule is COc1ccc(Cc2nc3c4c(C)c(C)n(CCC[NH+](C)C)c4ncn3n2)cc1OC. The minimum Gasteiger partial charge on any atom is -0.493 e. The number of rotatable bonds is 8. The van der Waals surface area contributed by atoms with Crippen molar-refractivity contribution in [3.8, 4) is 11.5 Å². The van der Waals surface area contributed by atoms with Crippen LogP contribution in [0.1, 0.15) is 29.1 Å². The smallest absolute Gasteiger partial charge is 0.168 e. The van der Waals surface area contributed by atoms with E-state index in [1.807, 2.05) is 18.2 Å². The van der Waals surface area contributed by atoms with Gasteiger partial charge in [-0.2, -0.15) is 0 Å². The van der Waals surface area contributed by atoms with Crippen LogP contribution in [-0.4, -0.2) is 59.0 Å². The lowest BCUT2D eigenvalue weighted by Crippen LogP contribution is -3.05. The van der Waals surface area contributed by atoms with E-state index < -0.39 is 0 Å². The number of nitrogens with zero attached hydrogens (tertiary/aromatic N) is 5. The number of aromatic nitrogens is 5. The Balaban J connectivity index is 1.70. The van der Waals surface area contributed by atoms with Gasteiger partial charge < -0.3 is 18.9 Å². The second kappa shape index (κ2) is 8.55. The number of quaternary nitrogens is 1. The summed E-state index contributed by atoms with van der Waals surface area (Å²) >= 11 is 0. The lowest BCUT2D eigenvalue weighted by atomic mass is 10.1. The molecule has 0 fully saturated rings. The number of methoxy groups -OCH3 is 2. The fraction of sp³-hybridized carbons (Fsp3) is 0.435. The van der Waals surface area contributed by atoms with Crippen LogP contribution in [0.25, 0.3) is 16.7 Å². The van der Waals surface area contributed by atoms with Crippen molar-refractivity contribution in [2.75, 3.05) is 34.9 Å². The highest BCUT2D eigenvalue weighted by Gasteiger charge is 2.18. The third-order valence-electron chi connectivity index (χ3n) is 5.86. The quantitative estimate of drug-likeness (QED) is 0.468. The Morgan fingerprint density at radius 3 is 2.52 bits per heavy atom. The van der Waals surface area contributed by atoms with E-state index in [1.165, 1.54) is 16.2 Å². The molecule has 8 heteroatoms. The summed E-state index contributed by atoms with van der Waals surface area (Å²) in [5, 5.41) is 5.77. The van der Waals surface area contributed by atoms with Gasteiger partial charge in [-0.05, 0) is 37.1 Å². The molecule has 4 rings (SSSR count). The molecule has 4 aromatic rings. The molecular weight excluding hydrogens is 392 g/mol. The van der Waals surface area contributed by atoms with Gasteiger partial charge in [0.25, 0.3) is 0 Å². The molecule has 0 aliphatic rings. The van der Waals surface area contributed by atoms with Gasteiger partial charge >= 0.3 is 0 Å². The van der Waals surface area contributed by atoms with E-state index in [2.05, 4.69) is 37.6 Å². The third kappa shape index (κ3) is 3.95. The van der Waals surface area contributed by atoms with Crippen LogP contribution >= 0.6 is 0 Å². The number of benzene rings is 1. The van der Waals surface area contributed by atoms with Gasteiger partial charge in [-0.1, -0.05) is 6.07 Å². The van der Waals surface area contributed by atoms with E-state index in [-0.39, 0.29) is 0 Å². The van der Waals surface area contributed by atoms with Gasteiger partial charge in [0.15, 0.2) is 23.0 Å². The number of fused-ring (bicyclic) bond motifs is 3. The van der Waals surface area contributed by atoms with E-state index in [9.17, 15) is 0 Å². The highest BCUT2D eigenvalue weighted by Crippen LogP contribution is 2.29. The van der Waals surface area contributed by atoms with Gasteiger partial charge in [-0.15, -0.1) is 5.10 Å². The molecule has 0 amide bonds. The van der Waals surface area contributed by atoms with E-state index in [4.69, 9.17) is 19.4 Å². The van der Waals surface area contributed by atoms with Crippen LogP contribution in [0.3, 0.4) is 0 Å². The van der Waals surface area contributed by atoms with Gasteiger partial charge in [-0.3, -0.25) is 0 Å². The molecule has 1 N–H and O–H groups in total. The van der Waals surface area contributed by atoms with Crippen LogP contribution in [0.5, 0.6) is 11.5 Å². The zero-order chi connectivity index (χ0) is 22.1. The topological polar surface area (TPSA) is 70.9 Å². The molecule has 3 heterocycles. The standard InChI is InChI=1S/C23H30N6O2/c1-15-16(2)28(11-7-10-27(3)4)22-21(15)23-25-20(26-29(23)14-24-22)13-17-8-9-18(30-5)19(12-17)31-6/h8-9,12,14H,7,10-11,13H2,1-6H3/p+1. The number of hydrogen-bond acceptors (Lipinski definition) is 5. The first-order chi connectivity index (χ1) is 14.9. The average Bonchev–Trinajstić information content (AvgIpc) is 3.26. The van der Waals surface area contributed by atoms with Crippen molar-refractivity contribution in [1.82, 2.24) is 24.1 Å². The number of nitrogens with one attached hydrogen (secondary N) is 1. The second-order valence-electron chi connectivity index (χ2n) is 8.28. The van der Waals surface area contributed by atoms with Crippen molar-refractivity contribution < 1.29 is 14.4 Å². The van der Waals surface area contributed by atoms with E-state index in [0.717, 1.165) is 47.6 Å². The summed E-state index contributed by atoms with van der Waals surface area (Å²) in [7, 11) is 7.65. The first-order valence-corrected chi connectivity index (χ1v) is 10.6. The zero-order valence-corrected chi connectivity index (χ0v) is 19.2. The molecule has 31 heavy (non-hydrogen) atoms. The molecule has 8 nitrogen and oxygen atoms in total. The summed E-state index contributed by atoms with van der Waals surface area (Å²) in [5.74, 6) is 2.17. The molecule has 0 unspecified atom stereocenters. The summed E-state index contributed by atoms with van der Waals surface area (Å²) in [6.07, 6.45) is 3.49. The van der Waals surface area contributed by atoms with Gasteiger partial charge in [0, 0.05) is 25.1 Å². The Labute approximate surface area is 182 Å². The molecule has 3 aromatic heterocycles. The maximum absolute atomic E-state index is 5.42. The maximum atomic E-state index is 5.42. The molecule has 0 spiro atoms. The molecule has 0 aliphatic heterocycles. The van der Waals surface area contributed by atoms with Gasteiger partial charge in [0.1, 0.15) is 12.0 Å².